The highest BCUT2D eigenvalue weighted by Gasteiger charge is 2.39. The van der Waals surface area contributed by atoms with Crippen LogP contribution >= 0.6 is 0 Å². The van der Waals surface area contributed by atoms with Crippen molar-refractivity contribution < 1.29 is 8.78 Å². The Morgan fingerprint density at radius 2 is 1.92 bits per heavy atom. The Bertz CT molecular complexity index is 161. The molecular formula is C11H20F2. The SMILES string of the molecule is CC(C)C[C@H]1C[C@@H](C)CC(F)(F)C1. The molecule has 0 saturated heterocycles. The van der Waals surface area contributed by atoms with Gasteiger partial charge < -0.3 is 0 Å². The third kappa shape index (κ3) is 3.61. The first-order valence-electron chi connectivity index (χ1n) is 5.27. The van der Waals surface area contributed by atoms with Gasteiger partial charge in [0.15, 0.2) is 0 Å². The summed E-state index contributed by atoms with van der Waals surface area (Å²) in [5, 5.41) is 0. The molecule has 1 saturated carbocycles. The van der Waals surface area contributed by atoms with Crippen LogP contribution in [0.2, 0.25) is 0 Å². The van der Waals surface area contributed by atoms with Crippen molar-refractivity contribution in [2.45, 2.75) is 52.4 Å². The van der Waals surface area contributed by atoms with Crippen molar-refractivity contribution >= 4 is 0 Å². The van der Waals surface area contributed by atoms with E-state index in [1.54, 1.807) is 0 Å². The van der Waals surface area contributed by atoms with Gasteiger partial charge in [-0.2, -0.15) is 0 Å². The molecule has 0 aromatic heterocycles. The lowest BCUT2D eigenvalue weighted by Gasteiger charge is -2.33. The summed E-state index contributed by atoms with van der Waals surface area (Å²) in [7, 11) is 0. The number of halogens is 2. The normalized spacial score (nSPS) is 33.7. The standard InChI is InChI=1S/C11H20F2/c1-8(2)4-10-5-9(3)6-11(12,13)7-10/h8-10H,4-7H2,1-3H3/t9-,10+/m1/s1. The first kappa shape index (κ1) is 10.9. The molecule has 0 radical (unpaired) electrons. The number of rotatable bonds is 2. The topological polar surface area (TPSA) is 0 Å². The maximum absolute atomic E-state index is 13.2. The second kappa shape index (κ2) is 3.93. The Morgan fingerprint density at radius 1 is 1.31 bits per heavy atom. The number of hydrogen-bond acceptors (Lipinski definition) is 0. The van der Waals surface area contributed by atoms with Crippen molar-refractivity contribution in [1.82, 2.24) is 0 Å². The smallest absolute Gasteiger partial charge is 0.207 e. The predicted octanol–water partition coefficient (Wildman–Crippen LogP) is 4.10. The van der Waals surface area contributed by atoms with E-state index in [4.69, 9.17) is 0 Å². The molecular weight excluding hydrogens is 170 g/mol. The van der Waals surface area contributed by atoms with E-state index in [0.717, 1.165) is 12.8 Å². The molecule has 13 heavy (non-hydrogen) atoms. The van der Waals surface area contributed by atoms with Crippen LogP contribution in [0, 0.1) is 17.8 Å². The van der Waals surface area contributed by atoms with Crippen molar-refractivity contribution in [3.05, 3.63) is 0 Å². The molecule has 0 amide bonds. The fraction of sp³-hybridized carbons (Fsp3) is 1.00. The van der Waals surface area contributed by atoms with E-state index in [1.807, 2.05) is 6.92 Å². The Labute approximate surface area is 79.7 Å². The van der Waals surface area contributed by atoms with E-state index in [1.165, 1.54) is 0 Å². The van der Waals surface area contributed by atoms with Gasteiger partial charge in [0, 0.05) is 12.8 Å². The van der Waals surface area contributed by atoms with Crippen LogP contribution in [0.3, 0.4) is 0 Å². The quantitative estimate of drug-likeness (QED) is 0.615. The molecule has 0 nitrogen and oxygen atoms in total. The molecule has 2 heteroatoms. The first-order chi connectivity index (χ1) is 5.89. The van der Waals surface area contributed by atoms with Crippen molar-refractivity contribution in [3.8, 4) is 0 Å². The van der Waals surface area contributed by atoms with E-state index in [2.05, 4.69) is 13.8 Å². The summed E-state index contributed by atoms with van der Waals surface area (Å²) in [4.78, 5) is 0. The van der Waals surface area contributed by atoms with Gasteiger partial charge in [0.2, 0.25) is 5.92 Å². The summed E-state index contributed by atoms with van der Waals surface area (Å²) in [6.45, 7) is 6.16. The molecule has 0 unspecified atom stereocenters. The molecule has 1 aliphatic carbocycles. The summed E-state index contributed by atoms with van der Waals surface area (Å²) in [6, 6.07) is 0. The highest BCUT2D eigenvalue weighted by Crippen LogP contribution is 2.41. The molecule has 0 spiro atoms. The predicted molar refractivity (Wildman–Crippen MR) is 50.9 cm³/mol. The molecule has 0 aromatic carbocycles. The van der Waals surface area contributed by atoms with E-state index < -0.39 is 5.92 Å². The van der Waals surface area contributed by atoms with Crippen LogP contribution in [0.5, 0.6) is 0 Å². The Hall–Kier alpha value is -0.140. The van der Waals surface area contributed by atoms with Gasteiger partial charge in [0.25, 0.3) is 0 Å². The molecule has 0 N–H and O–H groups in total. The molecule has 1 fully saturated rings. The van der Waals surface area contributed by atoms with E-state index in [-0.39, 0.29) is 24.7 Å². The number of hydrogen-bond donors (Lipinski definition) is 0. The minimum atomic E-state index is -2.39. The first-order valence-corrected chi connectivity index (χ1v) is 5.27. The minimum Gasteiger partial charge on any atom is -0.207 e. The van der Waals surface area contributed by atoms with Gasteiger partial charge in [0.1, 0.15) is 0 Å². The average Bonchev–Trinajstić information content (AvgIpc) is 1.78. The molecule has 1 aliphatic rings. The van der Waals surface area contributed by atoms with Crippen LogP contribution < -0.4 is 0 Å². The van der Waals surface area contributed by atoms with Gasteiger partial charge in [-0.1, -0.05) is 20.8 Å². The highest BCUT2D eigenvalue weighted by molar-refractivity contribution is 4.82. The van der Waals surface area contributed by atoms with Crippen LogP contribution in [-0.4, -0.2) is 5.92 Å². The third-order valence-corrected chi connectivity index (χ3v) is 2.77. The van der Waals surface area contributed by atoms with Gasteiger partial charge >= 0.3 is 0 Å². The zero-order valence-corrected chi connectivity index (χ0v) is 8.82. The van der Waals surface area contributed by atoms with Gasteiger partial charge in [-0.05, 0) is 30.6 Å². The summed E-state index contributed by atoms with van der Waals surface area (Å²) in [5.74, 6) is -1.39. The largest absolute Gasteiger partial charge is 0.248 e. The van der Waals surface area contributed by atoms with Gasteiger partial charge in [-0.3, -0.25) is 0 Å². The molecule has 0 heterocycles. The molecule has 1 rings (SSSR count). The Balaban J connectivity index is 2.48. The monoisotopic (exact) mass is 190 g/mol. The van der Waals surface area contributed by atoms with Crippen LogP contribution in [0.15, 0.2) is 0 Å². The van der Waals surface area contributed by atoms with E-state index in [9.17, 15) is 8.78 Å². The maximum Gasteiger partial charge on any atom is 0.248 e. The van der Waals surface area contributed by atoms with Crippen LogP contribution in [0.4, 0.5) is 8.78 Å². The maximum atomic E-state index is 13.2. The number of alkyl halides is 2. The molecule has 2 atom stereocenters. The highest BCUT2D eigenvalue weighted by atomic mass is 19.3. The van der Waals surface area contributed by atoms with E-state index >= 15 is 0 Å². The van der Waals surface area contributed by atoms with Crippen LogP contribution in [0.1, 0.15) is 46.5 Å². The summed E-state index contributed by atoms with van der Waals surface area (Å²) < 4.78 is 26.3. The van der Waals surface area contributed by atoms with Gasteiger partial charge in [-0.15, -0.1) is 0 Å². The molecule has 78 valence electrons. The lowest BCUT2D eigenvalue weighted by atomic mass is 9.77. The van der Waals surface area contributed by atoms with Crippen LogP contribution in [-0.2, 0) is 0 Å². The summed E-state index contributed by atoms with van der Waals surface area (Å²) in [5.41, 5.74) is 0. The van der Waals surface area contributed by atoms with Gasteiger partial charge in [0.05, 0.1) is 0 Å². The second-order valence-electron chi connectivity index (χ2n) is 5.10. The summed E-state index contributed by atoms with van der Waals surface area (Å²) >= 11 is 0. The van der Waals surface area contributed by atoms with Crippen molar-refractivity contribution in [1.29, 1.82) is 0 Å². The minimum absolute atomic E-state index is 0.0988. The zero-order valence-electron chi connectivity index (χ0n) is 8.82. The fourth-order valence-corrected chi connectivity index (χ4v) is 2.60. The zero-order chi connectivity index (χ0) is 10.1. The Morgan fingerprint density at radius 3 is 2.38 bits per heavy atom. The Kier molecular flexibility index (Phi) is 3.31. The molecule has 0 bridgehead atoms. The molecule has 0 aliphatic heterocycles. The van der Waals surface area contributed by atoms with Crippen molar-refractivity contribution in [2.24, 2.45) is 17.8 Å². The van der Waals surface area contributed by atoms with Crippen molar-refractivity contribution in [3.63, 3.8) is 0 Å². The summed E-state index contributed by atoms with van der Waals surface area (Å²) in [6.07, 6.45) is 2.17. The van der Waals surface area contributed by atoms with E-state index in [0.29, 0.717) is 5.92 Å². The molecule has 0 aromatic rings. The fourth-order valence-electron chi connectivity index (χ4n) is 2.60. The van der Waals surface area contributed by atoms with Crippen molar-refractivity contribution in [2.75, 3.05) is 0 Å². The van der Waals surface area contributed by atoms with Gasteiger partial charge in [-0.25, -0.2) is 8.78 Å². The average molecular weight is 190 g/mol. The third-order valence-electron chi connectivity index (χ3n) is 2.77. The lowest BCUT2D eigenvalue weighted by molar-refractivity contribution is -0.0719. The van der Waals surface area contributed by atoms with Crippen LogP contribution in [0.25, 0.3) is 0 Å². The lowest BCUT2D eigenvalue weighted by Crippen LogP contribution is -2.31. The second-order valence-corrected chi connectivity index (χ2v) is 5.10.